The summed E-state index contributed by atoms with van der Waals surface area (Å²) in [6.07, 6.45) is -9.37. The van der Waals surface area contributed by atoms with E-state index >= 15 is 8.78 Å². The molecule has 0 saturated heterocycles. The topological polar surface area (TPSA) is 36.9 Å². The van der Waals surface area contributed by atoms with E-state index in [0.717, 1.165) is 0 Å². The van der Waals surface area contributed by atoms with Crippen molar-refractivity contribution in [3.63, 3.8) is 0 Å². The summed E-state index contributed by atoms with van der Waals surface area (Å²) in [5, 5.41) is 0. The van der Waals surface area contributed by atoms with Crippen LogP contribution in [0.1, 0.15) is 60.3 Å². The molecule has 0 fully saturated rings. The molecular weight excluding hydrogens is 677 g/mol. The molecule has 17 heteroatoms. The zero-order valence-electron chi connectivity index (χ0n) is 26.3. The summed E-state index contributed by atoms with van der Waals surface area (Å²) in [6, 6.07) is 7.84. The molecular formula is C29H37F11O4Si2. The van der Waals surface area contributed by atoms with Gasteiger partial charge < -0.3 is 18.3 Å². The Kier molecular flexibility index (Phi) is 12.1. The van der Waals surface area contributed by atoms with Crippen molar-refractivity contribution in [1.29, 1.82) is 0 Å². The molecule has 46 heavy (non-hydrogen) atoms. The quantitative estimate of drug-likeness (QED) is 0.0773. The van der Waals surface area contributed by atoms with Crippen LogP contribution in [0.15, 0.2) is 36.4 Å². The minimum absolute atomic E-state index is 0.101. The minimum Gasteiger partial charge on any atom is -0.494 e. The van der Waals surface area contributed by atoms with E-state index < -0.39 is 77.4 Å². The van der Waals surface area contributed by atoms with Crippen LogP contribution in [0.3, 0.4) is 0 Å². The van der Waals surface area contributed by atoms with Crippen LogP contribution in [0.25, 0.3) is 11.1 Å². The van der Waals surface area contributed by atoms with Gasteiger partial charge in [0.15, 0.2) is 32.5 Å². The second-order valence-electron chi connectivity index (χ2n) is 11.8. The predicted octanol–water partition coefficient (Wildman–Crippen LogP) is 7.74. The summed E-state index contributed by atoms with van der Waals surface area (Å²) in [5.41, 5.74) is -1.13. The van der Waals surface area contributed by atoms with Crippen molar-refractivity contribution >= 4 is 21.0 Å². The highest BCUT2D eigenvalue weighted by Gasteiger charge is 2.81. The third kappa shape index (κ3) is 7.36. The molecule has 0 bridgehead atoms. The Hall–Kier alpha value is -2.38. The summed E-state index contributed by atoms with van der Waals surface area (Å²) in [6.45, 7) is 9.25. The summed E-state index contributed by atoms with van der Waals surface area (Å²) in [4.78, 5) is 0. The third-order valence-electron chi connectivity index (χ3n) is 8.70. The Balaban J connectivity index is 2.11. The largest absolute Gasteiger partial charge is 0.494 e. The molecule has 0 unspecified atom stereocenters. The molecule has 262 valence electrons. The molecule has 0 aliphatic rings. The summed E-state index contributed by atoms with van der Waals surface area (Å²) < 4.78 is 170. The number of ether oxygens (including phenoxy) is 2. The van der Waals surface area contributed by atoms with Gasteiger partial charge in [-0.1, -0.05) is 53.2 Å². The number of unbranched alkanes of at least 4 members (excludes halogenated alkanes) is 1. The SMILES string of the molecule is CCC(C)(C)C(C)(C)C(O[SiH3])(O[SiH3])Oc1ccc(-c2ccc(OCCCCC(F)(F)C(F)(F)C(F)(F)C(F)(F)F)cc2)c(F)c1F. The van der Waals surface area contributed by atoms with Crippen molar-refractivity contribution in [3.05, 3.63) is 48.0 Å². The monoisotopic (exact) mass is 714 g/mol. The highest BCUT2D eigenvalue weighted by atomic mass is 28.2. The fourth-order valence-electron chi connectivity index (χ4n) is 4.57. The normalized spacial score (nSPS) is 15.2. The molecule has 0 amide bonds. The first-order valence-corrected chi connectivity index (χ1v) is 15.7. The van der Waals surface area contributed by atoms with E-state index in [0.29, 0.717) is 6.42 Å². The Morgan fingerprint density at radius 1 is 0.696 bits per heavy atom. The Labute approximate surface area is 266 Å². The molecule has 0 radical (unpaired) electrons. The van der Waals surface area contributed by atoms with Gasteiger partial charge >= 0.3 is 29.9 Å². The molecule has 0 aliphatic heterocycles. The number of benzene rings is 2. The van der Waals surface area contributed by atoms with Gasteiger partial charge in [-0.05, 0) is 48.1 Å². The molecule has 2 aromatic carbocycles. The van der Waals surface area contributed by atoms with Crippen molar-refractivity contribution < 1.29 is 66.6 Å². The van der Waals surface area contributed by atoms with Gasteiger partial charge in [-0.15, -0.1) is 0 Å². The number of hydrogen-bond acceptors (Lipinski definition) is 4. The van der Waals surface area contributed by atoms with Crippen molar-refractivity contribution in [2.75, 3.05) is 6.61 Å². The third-order valence-corrected chi connectivity index (χ3v) is 9.77. The van der Waals surface area contributed by atoms with Gasteiger partial charge in [0, 0.05) is 12.0 Å². The van der Waals surface area contributed by atoms with E-state index in [2.05, 4.69) is 0 Å². The summed E-state index contributed by atoms with van der Waals surface area (Å²) >= 11 is 0. The second kappa shape index (κ2) is 14.0. The highest BCUT2D eigenvalue weighted by molar-refractivity contribution is 6.00. The average molecular weight is 715 g/mol. The molecule has 2 aromatic rings. The van der Waals surface area contributed by atoms with Gasteiger partial charge in [0.1, 0.15) is 5.75 Å². The Morgan fingerprint density at radius 3 is 1.72 bits per heavy atom. The van der Waals surface area contributed by atoms with Crippen LogP contribution in [-0.4, -0.2) is 57.5 Å². The van der Waals surface area contributed by atoms with Crippen LogP contribution in [-0.2, 0) is 8.85 Å². The van der Waals surface area contributed by atoms with Gasteiger partial charge in [0.25, 0.3) is 0 Å². The van der Waals surface area contributed by atoms with Crippen LogP contribution < -0.4 is 9.47 Å². The molecule has 0 heterocycles. The summed E-state index contributed by atoms with van der Waals surface area (Å²) in [5.74, 6) is -23.8. The molecule has 0 atom stereocenters. The molecule has 2 rings (SSSR count). The molecule has 0 spiro atoms. The van der Waals surface area contributed by atoms with Crippen LogP contribution in [0.4, 0.5) is 48.3 Å². The number of rotatable bonds is 16. The van der Waals surface area contributed by atoms with Gasteiger partial charge in [-0.25, -0.2) is 4.39 Å². The molecule has 0 aliphatic carbocycles. The average Bonchev–Trinajstić information content (AvgIpc) is 2.97. The molecule has 0 N–H and O–H groups in total. The molecule has 0 aromatic heterocycles. The van der Waals surface area contributed by atoms with E-state index in [1.54, 1.807) is 0 Å². The van der Waals surface area contributed by atoms with Crippen LogP contribution >= 0.6 is 0 Å². The van der Waals surface area contributed by atoms with Crippen molar-refractivity contribution in [1.82, 2.24) is 0 Å². The van der Waals surface area contributed by atoms with E-state index in [1.807, 2.05) is 34.6 Å². The number of halogens is 11. The van der Waals surface area contributed by atoms with Gasteiger partial charge in [0.2, 0.25) is 5.82 Å². The van der Waals surface area contributed by atoms with E-state index in [1.165, 1.54) is 36.4 Å². The van der Waals surface area contributed by atoms with Gasteiger partial charge in [-0.3, -0.25) is 0 Å². The van der Waals surface area contributed by atoms with Crippen LogP contribution in [0.5, 0.6) is 11.5 Å². The lowest BCUT2D eigenvalue weighted by Crippen LogP contribution is -2.60. The predicted molar refractivity (Wildman–Crippen MR) is 155 cm³/mol. The number of alkyl halides is 9. The first kappa shape index (κ1) is 39.8. The highest BCUT2D eigenvalue weighted by Crippen LogP contribution is 2.54. The van der Waals surface area contributed by atoms with Crippen molar-refractivity contribution in [2.24, 2.45) is 10.8 Å². The smallest absolute Gasteiger partial charge is 0.460 e. The molecule has 4 nitrogen and oxygen atoms in total. The lowest BCUT2D eigenvalue weighted by molar-refractivity contribution is -0.396. The zero-order valence-corrected chi connectivity index (χ0v) is 30.3. The fraction of sp³-hybridized carbons (Fsp3) is 0.586. The van der Waals surface area contributed by atoms with E-state index in [-0.39, 0.29) is 44.5 Å². The summed E-state index contributed by atoms with van der Waals surface area (Å²) in [7, 11) is 0.332. The van der Waals surface area contributed by atoms with E-state index in [4.69, 9.17) is 18.3 Å². The van der Waals surface area contributed by atoms with E-state index in [9.17, 15) is 39.5 Å². The first-order chi connectivity index (χ1) is 20.9. The standard InChI is InChI=1S/C29H37F11O4Si2/c1-6-23(2,3)24(4,5)29(43-45,44-46)42-20-14-13-19(21(30)22(20)31)17-9-11-18(12-10-17)41-16-8-7-15-25(32,33)26(34,35)27(36,37)28(38,39)40/h9-14H,6-8,15-16H2,1-5,45-46H3. The minimum atomic E-state index is -6.93. The lowest BCUT2D eigenvalue weighted by Gasteiger charge is -2.52. The maximum absolute atomic E-state index is 15.3. The fourth-order valence-corrected chi connectivity index (χ4v) is 6.43. The first-order valence-electron chi connectivity index (χ1n) is 14.1. The lowest BCUT2D eigenvalue weighted by atomic mass is 9.64. The van der Waals surface area contributed by atoms with Gasteiger partial charge in [0.05, 0.1) is 12.0 Å². The molecule has 0 saturated carbocycles. The maximum Gasteiger partial charge on any atom is 0.460 e. The van der Waals surface area contributed by atoms with Crippen molar-refractivity contribution in [3.8, 4) is 22.6 Å². The Morgan fingerprint density at radius 2 is 1.24 bits per heavy atom. The zero-order chi connectivity index (χ0) is 35.6. The Bertz CT molecular complexity index is 1310. The second-order valence-corrected chi connectivity index (χ2v) is 12.7. The van der Waals surface area contributed by atoms with Crippen LogP contribution in [0, 0.1) is 22.5 Å². The van der Waals surface area contributed by atoms with Crippen LogP contribution in [0.2, 0.25) is 0 Å². The van der Waals surface area contributed by atoms with Crippen molar-refractivity contribution in [2.45, 2.75) is 90.2 Å². The number of hydrogen-bond donors (Lipinski definition) is 0. The maximum atomic E-state index is 15.3. The van der Waals surface area contributed by atoms with Gasteiger partial charge in [-0.2, -0.15) is 43.9 Å².